The number of aromatic carboxylic acids is 1. The number of anilines is 1. The number of rotatable bonds is 3. The number of benzene rings is 2. The van der Waals surface area contributed by atoms with Gasteiger partial charge >= 0.3 is 12.1 Å². The first-order chi connectivity index (χ1) is 16.1. The van der Waals surface area contributed by atoms with E-state index in [1.807, 2.05) is 0 Å². The van der Waals surface area contributed by atoms with Gasteiger partial charge in [0, 0.05) is 23.0 Å². The molecule has 170 valence electrons. The Morgan fingerprint density at radius 1 is 1.09 bits per heavy atom. The molecule has 2 aromatic heterocycles. The maximum absolute atomic E-state index is 13.2. The van der Waals surface area contributed by atoms with E-state index in [1.165, 1.54) is 12.1 Å². The van der Waals surface area contributed by atoms with Crippen LogP contribution in [0.15, 0.2) is 60.9 Å². The van der Waals surface area contributed by atoms with E-state index in [0.717, 1.165) is 17.7 Å². The Labute approximate surface area is 190 Å². The second-order valence-electron chi connectivity index (χ2n) is 7.23. The van der Waals surface area contributed by atoms with Crippen LogP contribution in [0.3, 0.4) is 0 Å². The molecule has 0 bridgehead atoms. The molecule has 0 spiro atoms. The van der Waals surface area contributed by atoms with Crippen LogP contribution in [0, 0.1) is 18.8 Å². The van der Waals surface area contributed by atoms with Crippen molar-refractivity contribution in [1.82, 2.24) is 14.6 Å². The smallest absolute Gasteiger partial charge is 0.417 e. The predicted octanol–water partition coefficient (Wildman–Crippen LogP) is 4.41. The number of aromatic nitrogens is 3. The highest BCUT2D eigenvalue weighted by Gasteiger charge is 2.35. The topological polar surface area (TPSA) is 96.6 Å². The number of aryl methyl sites for hydroxylation is 1. The van der Waals surface area contributed by atoms with Crippen molar-refractivity contribution in [2.75, 3.05) is 5.32 Å². The summed E-state index contributed by atoms with van der Waals surface area (Å²) in [6.07, 6.45) is -1.72. The molecule has 2 heterocycles. The van der Waals surface area contributed by atoms with Crippen LogP contribution < -0.4 is 5.32 Å². The Hall–Kier alpha value is -4.65. The zero-order valence-corrected chi connectivity index (χ0v) is 17.5. The zero-order chi connectivity index (χ0) is 24.5. The second-order valence-corrected chi connectivity index (χ2v) is 7.23. The molecule has 7 nitrogen and oxygen atoms in total. The summed E-state index contributed by atoms with van der Waals surface area (Å²) in [5, 5.41) is 15.6. The summed E-state index contributed by atoms with van der Waals surface area (Å²) in [5.41, 5.74) is 0.225. The van der Waals surface area contributed by atoms with Crippen LogP contribution in [0.25, 0.3) is 5.65 Å². The minimum absolute atomic E-state index is 0.169. The quantitative estimate of drug-likeness (QED) is 0.438. The molecule has 0 fully saturated rings. The largest absolute Gasteiger partial charge is 0.478 e. The highest BCUT2D eigenvalue weighted by Crippen LogP contribution is 2.34. The van der Waals surface area contributed by atoms with E-state index in [0.29, 0.717) is 23.0 Å². The Bertz CT molecular complexity index is 1500. The van der Waals surface area contributed by atoms with Crippen molar-refractivity contribution < 1.29 is 27.9 Å². The Balaban J connectivity index is 1.61. The van der Waals surface area contributed by atoms with Gasteiger partial charge in [-0.25, -0.2) is 14.3 Å². The lowest BCUT2D eigenvalue weighted by Gasteiger charge is -2.13. The minimum Gasteiger partial charge on any atom is -0.478 e. The fourth-order valence-corrected chi connectivity index (χ4v) is 3.19. The number of imidazole rings is 1. The SMILES string of the molecule is Cc1ccc(C(=O)Nc2ccc(C(=O)O)c(C(F)(F)F)c2)cc1C#Cc1cnc2cccnn12. The molecule has 34 heavy (non-hydrogen) atoms. The molecule has 0 atom stereocenters. The third-order valence-electron chi connectivity index (χ3n) is 4.92. The number of carbonyl (C=O) groups is 2. The van der Waals surface area contributed by atoms with Crippen molar-refractivity contribution >= 4 is 23.2 Å². The van der Waals surface area contributed by atoms with Gasteiger partial charge in [0.05, 0.1) is 17.3 Å². The van der Waals surface area contributed by atoms with Crippen LogP contribution in [0.1, 0.15) is 43.1 Å². The number of halogens is 3. The Morgan fingerprint density at radius 3 is 2.62 bits per heavy atom. The lowest BCUT2D eigenvalue weighted by Crippen LogP contribution is -2.16. The lowest BCUT2D eigenvalue weighted by molar-refractivity contribution is -0.138. The fraction of sp³-hybridized carbons (Fsp3) is 0.0833. The molecular weight excluding hydrogens is 449 g/mol. The number of nitrogens with zero attached hydrogens (tertiary/aromatic N) is 3. The van der Waals surface area contributed by atoms with Gasteiger partial charge in [-0.2, -0.15) is 18.3 Å². The monoisotopic (exact) mass is 464 g/mol. The molecule has 2 N–H and O–H groups in total. The number of nitrogens with one attached hydrogen (secondary N) is 1. The minimum atomic E-state index is -4.90. The molecule has 4 aromatic rings. The first-order valence-electron chi connectivity index (χ1n) is 9.81. The summed E-state index contributed by atoms with van der Waals surface area (Å²) >= 11 is 0. The number of fused-ring (bicyclic) bond motifs is 1. The maximum Gasteiger partial charge on any atom is 0.417 e. The third-order valence-corrected chi connectivity index (χ3v) is 4.92. The molecule has 0 unspecified atom stereocenters. The van der Waals surface area contributed by atoms with Gasteiger partial charge in [-0.05, 0) is 60.9 Å². The van der Waals surface area contributed by atoms with E-state index in [1.54, 1.807) is 42.0 Å². The molecule has 4 rings (SSSR count). The highest BCUT2D eigenvalue weighted by molar-refractivity contribution is 6.05. The molecule has 2 aromatic carbocycles. The van der Waals surface area contributed by atoms with Crippen molar-refractivity contribution in [3.63, 3.8) is 0 Å². The highest BCUT2D eigenvalue weighted by atomic mass is 19.4. The van der Waals surface area contributed by atoms with Crippen LogP contribution >= 0.6 is 0 Å². The van der Waals surface area contributed by atoms with E-state index in [-0.39, 0.29) is 11.3 Å². The van der Waals surface area contributed by atoms with E-state index in [9.17, 15) is 22.8 Å². The standard InChI is InChI=1S/C24H15F3N4O3/c1-14-4-5-16(11-15(14)6-8-18-13-28-21-3-2-10-29-31(18)21)22(32)30-17-7-9-19(23(33)34)20(12-17)24(25,26)27/h2-5,7,9-13H,1H3,(H,30,32)(H,33,34). The second kappa shape index (κ2) is 8.71. The summed E-state index contributed by atoms with van der Waals surface area (Å²) in [6, 6.07) is 10.7. The van der Waals surface area contributed by atoms with Gasteiger partial charge < -0.3 is 10.4 Å². The van der Waals surface area contributed by atoms with E-state index < -0.39 is 29.2 Å². The normalized spacial score (nSPS) is 11.1. The molecule has 0 aliphatic rings. The Morgan fingerprint density at radius 2 is 1.88 bits per heavy atom. The van der Waals surface area contributed by atoms with Crippen molar-refractivity contribution in [3.05, 3.63) is 94.4 Å². The maximum atomic E-state index is 13.2. The summed E-state index contributed by atoms with van der Waals surface area (Å²) < 4.78 is 41.3. The van der Waals surface area contributed by atoms with Crippen molar-refractivity contribution in [1.29, 1.82) is 0 Å². The molecular formula is C24H15F3N4O3. The summed E-state index contributed by atoms with van der Waals surface area (Å²) in [7, 11) is 0. The molecule has 1 amide bonds. The van der Waals surface area contributed by atoms with E-state index >= 15 is 0 Å². The molecule has 10 heteroatoms. The van der Waals surface area contributed by atoms with Crippen molar-refractivity contribution in [2.45, 2.75) is 13.1 Å². The Kier molecular flexibility index (Phi) is 5.77. The van der Waals surface area contributed by atoms with Crippen molar-refractivity contribution in [2.24, 2.45) is 0 Å². The predicted molar refractivity (Wildman–Crippen MR) is 117 cm³/mol. The zero-order valence-electron chi connectivity index (χ0n) is 17.5. The molecule has 0 saturated heterocycles. The number of amides is 1. The number of carboxylic acids is 1. The van der Waals surface area contributed by atoms with E-state index in [4.69, 9.17) is 5.11 Å². The number of carbonyl (C=O) groups excluding carboxylic acids is 1. The summed E-state index contributed by atoms with van der Waals surface area (Å²) in [6.45, 7) is 1.80. The average molecular weight is 464 g/mol. The van der Waals surface area contributed by atoms with Crippen LogP contribution in [-0.4, -0.2) is 31.6 Å². The summed E-state index contributed by atoms with van der Waals surface area (Å²) in [4.78, 5) is 28.0. The summed E-state index contributed by atoms with van der Waals surface area (Å²) in [5.74, 6) is 3.54. The molecule has 0 aliphatic carbocycles. The first-order valence-corrected chi connectivity index (χ1v) is 9.81. The fourth-order valence-electron chi connectivity index (χ4n) is 3.19. The number of carboxylic acid groups (broad SMARTS) is 1. The number of hydrogen-bond donors (Lipinski definition) is 2. The lowest BCUT2D eigenvalue weighted by atomic mass is 10.0. The van der Waals surface area contributed by atoms with Gasteiger partial charge in [-0.15, -0.1) is 0 Å². The van der Waals surface area contributed by atoms with Gasteiger partial charge in [0.15, 0.2) is 5.65 Å². The van der Waals surface area contributed by atoms with Crippen LogP contribution in [0.4, 0.5) is 18.9 Å². The van der Waals surface area contributed by atoms with Crippen LogP contribution in [0.2, 0.25) is 0 Å². The van der Waals surface area contributed by atoms with Crippen LogP contribution in [-0.2, 0) is 6.18 Å². The van der Waals surface area contributed by atoms with Gasteiger partial charge in [0.1, 0.15) is 5.69 Å². The molecule has 0 radical (unpaired) electrons. The van der Waals surface area contributed by atoms with Gasteiger partial charge in [-0.3, -0.25) is 4.79 Å². The number of hydrogen-bond acceptors (Lipinski definition) is 4. The van der Waals surface area contributed by atoms with Gasteiger partial charge in [0.25, 0.3) is 5.91 Å². The molecule has 0 aliphatic heterocycles. The molecule has 0 saturated carbocycles. The number of alkyl halides is 3. The first kappa shape index (κ1) is 22.5. The third kappa shape index (κ3) is 4.59. The van der Waals surface area contributed by atoms with Crippen LogP contribution in [0.5, 0.6) is 0 Å². The average Bonchev–Trinajstić information content (AvgIpc) is 3.21. The van der Waals surface area contributed by atoms with Crippen molar-refractivity contribution in [3.8, 4) is 11.8 Å². The van der Waals surface area contributed by atoms with Gasteiger partial charge in [0.2, 0.25) is 0 Å². The van der Waals surface area contributed by atoms with E-state index in [2.05, 4.69) is 27.2 Å². The van der Waals surface area contributed by atoms with Gasteiger partial charge in [-0.1, -0.05) is 12.0 Å².